The van der Waals surface area contributed by atoms with Crippen molar-refractivity contribution in [2.24, 2.45) is 0 Å². The molecule has 34 heavy (non-hydrogen) atoms. The largest absolute Gasteiger partial charge is 0.343 e. The Kier molecular flexibility index (Phi) is 6.18. The van der Waals surface area contributed by atoms with Gasteiger partial charge >= 0.3 is 0 Å². The predicted octanol–water partition coefficient (Wildman–Crippen LogP) is 4.94. The molecule has 1 atom stereocenters. The smallest absolute Gasteiger partial charge is 0.262 e. The van der Waals surface area contributed by atoms with Crippen molar-refractivity contribution in [3.8, 4) is 0 Å². The first-order valence-corrected chi connectivity index (χ1v) is 11.4. The number of hydrogen-bond acceptors (Lipinski definition) is 5. The molecule has 5 rings (SSSR count). The number of pyridine rings is 2. The molecular formula is C27H26FN5O. The van der Waals surface area contributed by atoms with E-state index in [1.54, 1.807) is 35.6 Å². The van der Waals surface area contributed by atoms with E-state index in [0.29, 0.717) is 18.1 Å². The van der Waals surface area contributed by atoms with Crippen molar-refractivity contribution in [2.75, 3.05) is 29.9 Å². The van der Waals surface area contributed by atoms with Gasteiger partial charge in [-0.2, -0.15) is 0 Å². The van der Waals surface area contributed by atoms with E-state index in [1.807, 2.05) is 54.4 Å². The SMILES string of the molecule is CN(c1cccnc1)c1ccc(C(=O)N(c2cc3ccccc3cn2)[C@@H]2CCCNC2)c(F)c1. The molecule has 1 aliphatic heterocycles. The standard InChI is InChI=1S/C27H26FN5O/c1-32(22-8-4-12-29-17-22)21-10-11-24(25(28)15-21)27(34)33(23-9-5-13-30-18-23)26-14-19-6-2-3-7-20(19)16-31-26/h2-4,6-8,10-12,14-17,23,30H,5,9,13,18H2,1H3/t23-/m1/s1. The number of anilines is 3. The molecule has 6 nitrogen and oxygen atoms in total. The quantitative estimate of drug-likeness (QED) is 0.462. The molecule has 0 unspecified atom stereocenters. The van der Waals surface area contributed by atoms with Crippen molar-refractivity contribution in [1.29, 1.82) is 0 Å². The molecule has 4 aromatic rings. The number of carbonyl (C=O) groups is 1. The molecule has 1 N–H and O–H groups in total. The van der Waals surface area contributed by atoms with Crippen molar-refractivity contribution in [1.82, 2.24) is 15.3 Å². The zero-order valence-electron chi connectivity index (χ0n) is 19.0. The molecule has 3 heterocycles. The van der Waals surface area contributed by atoms with E-state index in [0.717, 1.165) is 35.8 Å². The lowest BCUT2D eigenvalue weighted by Gasteiger charge is -2.34. The molecule has 1 aliphatic rings. The highest BCUT2D eigenvalue weighted by Gasteiger charge is 2.30. The highest BCUT2D eigenvalue weighted by molar-refractivity contribution is 6.07. The average Bonchev–Trinajstić information content (AvgIpc) is 2.89. The van der Waals surface area contributed by atoms with E-state index in [1.165, 1.54) is 6.07 Å². The van der Waals surface area contributed by atoms with Crippen LogP contribution in [-0.4, -0.2) is 42.1 Å². The van der Waals surface area contributed by atoms with Crippen LogP contribution in [0, 0.1) is 5.82 Å². The molecule has 172 valence electrons. The normalized spacial score (nSPS) is 15.8. The van der Waals surface area contributed by atoms with Gasteiger partial charge in [0.15, 0.2) is 0 Å². The number of fused-ring (bicyclic) bond motifs is 1. The van der Waals surface area contributed by atoms with Crippen LogP contribution in [0.15, 0.2) is 79.3 Å². The summed E-state index contributed by atoms with van der Waals surface area (Å²) in [5.74, 6) is -0.411. The van der Waals surface area contributed by atoms with Gasteiger partial charge in [-0.05, 0) is 61.2 Å². The monoisotopic (exact) mass is 455 g/mol. The van der Waals surface area contributed by atoms with Crippen molar-refractivity contribution >= 4 is 33.9 Å². The van der Waals surface area contributed by atoms with Crippen LogP contribution >= 0.6 is 0 Å². The maximum absolute atomic E-state index is 15.3. The van der Waals surface area contributed by atoms with Crippen molar-refractivity contribution in [3.63, 3.8) is 0 Å². The highest BCUT2D eigenvalue weighted by Crippen LogP contribution is 2.28. The van der Waals surface area contributed by atoms with Crippen molar-refractivity contribution in [2.45, 2.75) is 18.9 Å². The second-order valence-corrected chi connectivity index (χ2v) is 8.50. The summed E-state index contributed by atoms with van der Waals surface area (Å²) in [6, 6.07) is 18.1. The number of rotatable bonds is 5. The van der Waals surface area contributed by atoms with Gasteiger partial charge < -0.3 is 10.2 Å². The van der Waals surface area contributed by atoms with Crippen LogP contribution in [0.25, 0.3) is 10.8 Å². The fraction of sp³-hybridized carbons (Fsp3) is 0.222. The first kappa shape index (κ1) is 22.0. The lowest BCUT2D eigenvalue weighted by atomic mass is 10.0. The summed E-state index contributed by atoms with van der Waals surface area (Å²) < 4.78 is 15.3. The Morgan fingerprint density at radius 3 is 2.62 bits per heavy atom. The maximum Gasteiger partial charge on any atom is 0.262 e. The summed E-state index contributed by atoms with van der Waals surface area (Å²) in [5, 5.41) is 5.34. The molecule has 2 aromatic heterocycles. The number of halogens is 1. The predicted molar refractivity (Wildman–Crippen MR) is 133 cm³/mol. The molecule has 2 aromatic carbocycles. The van der Waals surface area contributed by atoms with Crippen LogP contribution in [0.1, 0.15) is 23.2 Å². The minimum absolute atomic E-state index is 0.0314. The zero-order valence-corrected chi connectivity index (χ0v) is 19.0. The Balaban J connectivity index is 1.50. The van der Waals surface area contributed by atoms with Gasteiger partial charge in [-0.1, -0.05) is 24.3 Å². The second kappa shape index (κ2) is 9.57. The molecule has 0 aliphatic carbocycles. The summed E-state index contributed by atoms with van der Waals surface area (Å²) >= 11 is 0. The second-order valence-electron chi connectivity index (χ2n) is 8.50. The highest BCUT2D eigenvalue weighted by atomic mass is 19.1. The Labute approximate surface area is 198 Å². The van der Waals surface area contributed by atoms with E-state index < -0.39 is 5.82 Å². The number of benzene rings is 2. The molecular weight excluding hydrogens is 429 g/mol. The molecule has 1 saturated heterocycles. The Bertz CT molecular complexity index is 1310. The molecule has 0 radical (unpaired) electrons. The van der Waals surface area contributed by atoms with Gasteiger partial charge in [0, 0.05) is 37.1 Å². The Morgan fingerprint density at radius 2 is 1.88 bits per heavy atom. The van der Waals surface area contributed by atoms with E-state index in [2.05, 4.69) is 15.3 Å². The first-order chi connectivity index (χ1) is 16.6. The van der Waals surface area contributed by atoms with Crippen molar-refractivity contribution < 1.29 is 9.18 Å². The van der Waals surface area contributed by atoms with Gasteiger partial charge in [0.25, 0.3) is 5.91 Å². The molecule has 0 bridgehead atoms. The lowest BCUT2D eigenvalue weighted by molar-refractivity contribution is 0.0967. The summed E-state index contributed by atoms with van der Waals surface area (Å²) in [6.07, 6.45) is 6.94. The number of aromatic nitrogens is 2. The molecule has 0 spiro atoms. The third-order valence-corrected chi connectivity index (χ3v) is 6.32. The van der Waals surface area contributed by atoms with E-state index in [9.17, 15) is 4.79 Å². The van der Waals surface area contributed by atoms with Gasteiger partial charge in [0.2, 0.25) is 0 Å². The van der Waals surface area contributed by atoms with Crippen LogP contribution < -0.4 is 15.1 Å². The number of carbonyl (C=O) groups excluding carboxylic acids is 1. The number of nitrogens with zero attached hydrogens (tertiary/aromatic N) is 4. The van der Waals surface area contributed by atoms with Gasteiger partial charge in [-0.25, -0.2) is 9.37 Å². The number of nitrogens with one attached hydrogen (secondary N) is 1. The number of hydrogen-bond donors (Lipinski definition) is 1. The molecule has 1 amide bonds. The van der Waals surface area contributed by atoms with Crippen molar-refractivity contribution in [3.05, 3.63) is 90.6 Å². The van der Waals surface area contributed by atoms with Gasteiger partial charge in [0.1, 0.15) is 11.6 Å². The van der Waals surface area contributed by atoms with Crippen LogP contribution in [0.2, 0.25) is 0 Å². The average molecular weight is 456 g/mol. The van der Waals surface area contributed by atoms with E-state index >= 15 is 4.39 Å². The molecule has 7 heteroatoms. The molecule has 0 saturated carbocycles. The fourth-order valence-corrected chi connectivity index (χ4v) is 4.43. The summed E-state index contributed by atoms with van der Waals surface area (Å²) in [4.78, 5) is 25.9. The van der Waals surface area contributed by atoms with E-state index in [-0.39, 0.29) is 17.5 Å². The lowest BCUT2D eigenvalue weighted by Crippen LogP contribution is -2.49. The maximum atomic E-state index is 15.3. The van der Waals surface area contributed by atoms with Crippen LogP contribution in [-0.2, 0) is 0 Å². The minimum Gasteiger partial charge on any atom is -0.343 e. The van der Waals surface area contributed by atoms with Gasteiger partial charge in [-0.15, -0.1) is 0 Å². The topological polar surface area (TPSA) is 61.4 Å². The van der Waals surface area contributed by atoms with Crippen LogP contribution in [0.4, 0.5) is 21.6 Å². The van der Waals surface area contributed by atoms with Gasteiger partial charge in [0.05, 0.1) is 23.5 Å². The third kappa shape index (κ3) is 4.34. The minimum atomic E-state index is -0.562. The van der Waals surface area contributed by atoms with Gasteiger partial charge in [-0.3, -0.25) is 14.7 Å². The summed E-state index contributed by atoms with van der Waals surface area (Å²) in [5.41, 5.74) is 1.50. The number of piperidine rings is 1. The molecule has 1 fully saturated rings. The third-order valence-electron chi connectivity index (χ3n) is 6.32. The van der Waals surface area contributed by atoms with Crippen LogP contribution in [0.5, 0.6) is 0 Å². The first-order valence-electron chi connectivity index (χ1n) is 11.4. The van der Waals surface area contributed by atoms with E-state index in [4.69, 9.17) is 0 Å². The summed E-state index contributed by atoms with van der Waals surface area (Å²) in [7, 11) is 1.84. The Morgan fingerprint density at radius 1 is 1.03 bits per heavy atom. The fourth-order valence-electron chi connectivity index (χ4n) is 4.43. The Hall–Kier alpha value is -3.84. The summed E-state index contributed by atoms with van der Waals surface area (Å²) in [6.45, 7) is 1.55. The zero-order chi connectivity index (χ0) is 23.5. The van der Waals surface area contributed by atoms with Crippen LogP contribution in [0.3, 0.4) is 0 Å². The number of amides is 1.